The Kier molecular flexibility index (Phi) is 3.51. The number of nitrogens with one attached hydrogen (secondary N) is 1. The summed E-state index contributed by atoms with van der Waals surface area (Å²) in [7, 11) is 1.43. The molecule has 0 unspecified atom stereocenters. The van der Waals surface area contributed by atoms with E-state index in [0.29, 0.717) is 0 Å². The van der Waals surface area contributed by atoms with Crippen molar-refractivity contribution >= 4 is 5.97 Å². The standard InChI is InChI=1S/C11H11F3N4O2/c1-3-20-10(19)9-15-5-7(18(9)2)6-4-16-17-8(6)11(12,13)14/h4-5H,3H2,1-2H3,(H,16,17). The molecule has 2 rings (SSSR count). The summed E-state index contributed by atoms with van der Waals surface area (Å²) in [5.74, 6) is -0.769. The monoisotopic (exact) mass is 288 g/mol. The fourth-order valence-electron chi connectivity index (χ4n) is 1.74. The lowest BCUT2D eigenvalue weighted by Crippen LogP contribution is -2.12. The molecule has 2 heterocycles. The highest BCUT2D eigenvalue weighted by Gasteiger charge is 2.37. The highest BCUT2D eigenvalue weighted by atomic mass is 19.4. The Morgan fingerprint density at radius 2 is 2.15 bits per heavy atom. The first-order valence-electron chi connectivity index (χ1n) is 5.66. The molecule has 0 saturated heterocycles. The molecule has 0 fully saturated rings. The van der Waals surface area contributed by atoms with Crippen LogP contribution in [0.4, 0.5) is 13.2 Å². The minimum atomic E-state index is -4.57. The second-order valence-electron chi connectivity index (χ2n) is 3.90. The van der Waals surface area contributed by atoms with E-state index in [0.717, 1.165) is 6.20 Å². The molecule has 1 N–H and O–H groups in total. The van der Waals surface area contributed by atoms with Crippen molar-refractivity contribution in [3.05, 3.63) is 23.9 Å². The van der Waals surface area contributed by atoms with Crippen molar-refractivity contribution in [2.45, 2.75) is 13.1 Å². The van der Waals surface area contributed by atoms with Gasteiger partial charge in [-0.25, -0.2) is 9.78 Å². The number of imidazole rings is 1. The highest BCUT2D eigenvalue weighted by Crippen LogP contribution is 2.35. The van der Waals surface area contributed by atoms with Gasteiger partial charge in [-0.2, -0.15) is 18.3 Å². The highest BCUT2D eigenvalue weighted by molar-refractivity contribution is 5.86. The zero-order valence-corrected chi connectivity index (χ0v) is 10.7. The maximum atomic E-state index is 12.8. The van der Waals surface area contributed by atoms with Crippen LogP contribution in [0.2, 0.25) is 0 Å². The fraction of sp³-hybridized carbons (Fsp3) is 0.364. The van der Waals surface area contributed by atoms with Gasteiger partial charge in [-0.15, -0.1) is 0 Å². The number of hydrogen-bond donors (Lipinski definition) is 1. The molecular formula is C11H11F3N4O2. The molecule has 0 radical (unpaired) electrons. The maximum Gasteiger partial charge on any atom is 0.433 e. The van der Waals surface area contributed by atoms with E-state index in [1.807, 2.05) is 5.10 Å². The molecule has 108 valence electrons. The van der Waals surface area contributed by atoms with Crippen molar-refractivity contribution in [3.8, 4) is 11.3 Å². The first-order chi connectivity index (χ1) is 9.36. The van der Waals surface area contributed by atoms with Gasteiger partial charge in [0.25, 0.3) is 0 Å². The number of aromatic amines is 1. The van der Waals surface area contributed by atoms with Gasteiger partial charge in [-0.3, -0.25) is 5.10 Å². The van der Waals surface area contributed by atoms with E-state index in [9.17, 15) is 18.0 Å². The van der Waals surface area contributed by atoms with Gasteiger partial charge >= 0.3 is 12.1 Å². The number of nitrogens with zero attached hydrogens (tertiary/aromatic N) is 3. The molecule has 6 nitrogen and oxygen atoms in total. The van der Waals surface area contributed by atoms with Gasteiger partial charge in [0.1, 0.15) is 5.69 Å². The minimum Gasteiger partial charge on any atom is -0.460 e. The molecule has 0 atom stereocenters. The largest absolute Gasteiger partial charge is 0.460 e. The Morgan fingerprint density at radius 1 is 1.45 bits per heavy atom. The van der Waals surface area contributed by atoms with Crippen molar-refractivity contribution in [1.82, 2.24) is 19.7 Å². The van der Waals surface area contributed by atoms with Crippen molar-refractivity contribution in [2.75, 3.05) is 6.61 Å². The van der Waals surface area contributed by atoms with E-state index in [-0.39, 0.29) is 23.7 Å². The predicted molar refractivity (Wildman–Crippen MR) is 61.7 cm³/mol. The number of hydrogen-bond acceptors (Lipinski definition) is 4. The first-order valence-corrected chi connectivity index (χ1v) is 5.66. The molecule has 0 aliphatic heterocycles. The number of alkyl halides is 3. The van der Waals surface area contributed by atoms with Crippen LogP contribution in [0.5, 0.6) is 0 Å². The number of rotatable bonds is 3. The number of carbonyl (C=O) groups excluding carboxylic acids is 1. The average Bonchev–Trinajstić information content (AvgIpc) is 2.94. The smallest absolute Gasteiger partial charge is 0.433 e. The van der Waals surface area contributed by atoms with E-state index in [4.69, 9.17) is 4.74 Å². The van der Waals surface area contributed by atoms with Crippen LogP contribution in [0.25, 0.3) is 11.3 Å². The van der Waals surface area contributed by atoms with Gasteiger partial charge in [0.15, 0.2) is 0 Å². The summed E-state index contributed by atoms with van der Waals surface area (Å²) < 4.78 is 44.4. The van der Waals surface area contributed by atoms with Crippen LogP contribution < -0.4 is 0 Å². The van der Waals surface area contributed by atoms with Crippen molar-refractivity contribution in [1.29, 1.82) is 0 Å². The zero-order valence-electron chi connectivity index (χ0n) is 10.7. The summed E-state index contributed by atoms with van der Waals surface area (Å²) in [6, 6.07) is 0. The molecule has 0 bridgehead atoms. The summed E-state index contributed by atoms with van der Waals surface area (Å²) in [4.78, 5) is 15.4. The molecule has 0 spiro atoms. The van der Waals surface area contributed by atoms with Crippen molar-refractivity contribution in [3.63, 3.8) is 0 Å². The molecule has 2 aromatic rings. The van der Waals surface area contributed by atoms with E-state index in [1.54, 1.807) is 6.92 Å². The molecule has 20 heavy (non-hydrogen) atoms. The number of halogens is 3. The molecule has 9 heteroatoms. The Hall–Kier alpha value is -2.32. The number of H-pyrrole nitrogens is 1. The van der Waals surface area contributed by atoms with Crippen LogP contribution >= 0.6 is 0 Å². The average molecular weight is 288 g/mol. The van der Waals surface area contributed by atoms with Crippen LogP contribution in [0.1, 0.15) is 23.2 Å². The molecule has 0 aromatic carbocycles. The summed E-state index contributed by atoms with van der Waals surface area (Å²) in [6.07, 6.45) is -2.36. The zero-order chi connectivity index (χ0) is 14.9. The lowest BCUT2D eigenvalue weighted by Gasteiger charge is -2.08. The third-order valence-electron chi connectivity index (χ3n) is 2.64. The summed E-state index contributed by atoms with van der Waals surface area (Å²) in [5.41, 5.74) is -1.05. The number of aromatic nitrogens is 4. The van der Waals surface area contributed by atoms with Crippen LogP contribution in [0, 0.1) is 0 Å². The Bertz CT molecular complexity index is 630. The minimum absolute atomic E-state index is 0.0730. The third-order valence-corrected chi connectivity index (χ3v) is 2.64. The van der Waals surface area contributed by atoms with Gasteiger partial charge in [0.05, 0.1) is 30.3 Å². The van der Waals surface area contributed by atoms with Gasteiger partial charge in [-0.05, 0) is 6.92 Å². The van der Waals surface area contributed by atoms with E-state index in [1.165, 1.54) is 17.8 Å². The third kappa shape index (κ3) is 2.38. The summed E-state index contributed by atoms with van der Waals surface area (Å²) >= 11 is 0. The van der Waals surface area contributed by atoms with Crippen LogP contribution in [-0.2, 0) is 18.0 Å². The molecule has 0 aliphatic carbocycles. The number of ether oxygens (including phenoxy) is 1. The van der Waals surface area contributed by atoms with Crippen LogP contribution in [0.3, 0.4) is 0 Å². The predicted octanol–water partition coefficient (Wildman–Crippen LogP) is 2.01. The number of esters is 1. The maximum absolute atomic E-state index is 12.8. The summed E-state index contributed by atoms with van der Waals surface area (Å²) in [6.45, 7) is 1.78. The first kappa shape index (κ1) is 14.1. The van der Waals surface area contributed by atoms with Gasteiger partial charge in [-0.1, -0.05) is 0 Å². The lowest BCUT2D eigenvalue weighted by molar-refractivity contribution is -0.140. The van der Waals surface area contributed by atoms with Gasteiger partial charge < -0.3 is 9.30 Å². The van der Waals surface area contributed by atoms with E-state index < -0.39 is 17.8 Å². The lowest BCUT2D eigenvalue weighted by atomic mass is 10.2. The topological polar surface area (TPSA) is 72.8 Å². The van der Waals surface area contributed by atoms with E-state index >= 15 is 0 Å². The second-order valence-corrected chi connectivity index (χ2v) is 3.90. The summed E-state index contributed by atoms with van der Waals surface area (Å²) in [5, 5.41) is 5.30. The Balaban J connectivity index is 2.46. The van der Waals surface area contributed by atoms with Gasteiger partial charge in [0, 0.05) is 7.05 Å². The normalized spacial score (nSPS) is 11.7. The fourth-order valence-corrected chi connectivity index (χ4v) is 1.74. The Labute approximate surface area is 111 Å². The molecular weight excluding hydrogens is 277 g/mol. The molecule has 2 aromatic heterocycles. The second kappa shape index (κ2) is 4.99. The molecule has 0 amide bonds. The van der Waals surface area contributed by atoms with Crippen molar-refractivity contribution < 1.29 is 22.7 Å². The van der Waals surface area contributed by atoms with Crippen LogP contribution in [0.15, 0.2) is 12.4 Å². The Morgan fingerprint density at radius 3 is 2.75 bits per heavy atom. The molecule has 0 aliphatic rings. The van der Waals surface area contributed by atoms with E-state index in [2.05, 4.69) is 10.1 Å². The number of carbonyl (C=O) groups is 1. The van der Waals surface area contributed by atoms with Gasteiger partial charge in [0.2, 0.25) is 5.82 Å². The van der Waals surface area contributed by atoms with Crippen molar-refractivity contribution in [2.24, 2.45) is 7.05 Å². The quantitative estimate of drug-likeness (QED) is 0.877. The van der Waals surface area contributed by atoms with Crippen LogP contribution in [-0.4, -0.2) is 32.3 Å². The SMILES string of the molecule is CCOC(=O)c1ncc(-c2cn[nH]c2C(F)(F)F)n1C. The molecule has 0 saturated carbocycles.